The van der Waals surface area contributed by atoms with Crippen molar-refractivity contribution >= 4 is 11.6 Å². The number of anilines is 2. The summed E-state index contributed by atoms with van der Waals surface area (Å²) in [5.74, 6) is 1.62. The predicted octanol–water partition coefficient (Wildman–Crippen LogP) is 2.75. The van der Waals surface area contributed by atoms with E-state index >= 15 is 0 Å². The average molecular weight is 357 g/mol. The Morgan fingerprint density at radius 1 is 0.962 bits per heavy atom. The number of pyridine rings is 1. The molecule has 6 heteroatoms. The molecule has 1 aromatic heterocycles. The van der Waals surface area contributed by atoms with Crippen molar-refractivity contribution in [1.82, 2.24) is 14.8 Å². The molecule has 0 amide bonds. The fourth-order valence-corrected chi connectivity index (χ4v) is 3.93. The number of nitrogens with zero attached hydrogens (tertiary/aromatic N) is 4. The normalized spacial score (nSPS) is 20.7. The highest BCUT2D eigenvalue weighted by molar-refractivity contribution is 5.57. The quantitative estimate of drug-likeness (QED) is 0.817. The number of aromatic nitrogens is 1. The van der Waals surface area contributed by atoms with Gasteiger partial charge in [0.05, 0.1) is 5.56 Å². The van der Waals surface area contributed by atoms with Crippen LogP contribution < -0.4 is 10.6 Å². The lowest BCUT2D eigenvalue weighted by molar-refractivity contribution is 0.229. The van der Waals surface area contributed by atoms with Gasteiger partial charge in [0.15, 0.2) is 0 Å². The number of likely N-dealkylation sites (tertiary alicyclic amines) is 2. The summed E-state index contributed by atoms with van der Waals surface area (Å²) >= 11 is 0. The summed E-state index contributed by atoms with van der Waals surface area (Å²) in [5.41, 5.74) is 0.634. The van der Waals surface area contributed by atoms with Crippen LogP contribution in [-0.4, -0.2) is 66.1 Å². The third kappa shape index (κ3) is 4.87. The molecule has 6 nitrogen and oxygen atoms in total. The fraction of sp³-hybridized carbons (Fsp3) is 0.700. The van der Waals surface area contributed by atoms with Crippen molar-refractivity contribution in [3.63, 3.8) is 0 Å². The molecule has 1 aromatic rings. The average Bonchev–Trinajstić information content (AvgIpc) is 2.69. The number of rotatable bonds is 6. The molecular formula is C20H32N6. The summed E-state index contributed by atoms with van der Waals surface area (Å²) in [6, 6.07) is 6.98. The molecule has 2 aliphatic rings. The highest BCUT2D eigenvalue weighted by Gasteiger charge is 2.21. The molecule has 3 heterocycles. The fourth-order valence-electron chi connectivity index (χ4n) is 3.93. The predicted molar refractivity (Wildman–Crippen MR) is 106 cm³/mol. The van der Waals surface area contributed by atoms with Crippen LogP contribution in [0.2, 0.25) is 0 Å². The minimum atomic E-state index is 0.403. The third-order valence-corrected chi connectivity index (χ3v) is 5.78. The van der Waals surface area contributed by atoms with Gasteiger partial charge in [-0.05, 0) is 50.9 Å². The smallest absolute Gasteiger partial charge is 0.146 e. The van der Waals surface area contributed by atoms with Crippen molar-refractivity contribution in [3.8, 4) is 6.07 Å². The van der Waals surface area contributed by atoms with Gasteiger partial charge in [0, 0.05) is 38.3 Å². The lowest BCUT2D eigenvalue weighted by atomic mass is 10.0. The van der Waals surface area contributed by atoms with Crippen LogP contribution in [0.1, 0.15) is 45.1 Å². The Hall–Kier alpha value is -1.84. The number of piperidine rings is 2. The van der Waals surface area contributed by atoms with Gasteiger partial charge in [-0.25, -0.2) is 4.98 Å². The van der Waals surface area contributed by atoms with Gasteiger partial charge < -0.3 is 20.4 Å². The topological polar surface area (TPSA) is 67.2 Å². The molecular weight excluding hydrogens is 324 g/mol. The van der Waals surface area contributed by atoms with E-state index in [9.17, 15) is 5.26 Å². The number of hydrogen-bond donors (Lipinski definition) is 2. The van der Waals surface area contributed by atoms with Crippen molar-refractivity contribution < 1.29 is 0 Å². The molecule has 2 saturated heterocycles. The SMILES string of the molecule is CCN1CCC(Nc2ccc(C#N)c(NC3CCN(CC)CC3)n2)CC1. The zero-order valence-corrected chi connectivity index (χ0v) is 16.2. The van der Waals surface area contributed by atoms with Crippen LogP contribution in [0.3, 0.4) is 0 Å². The van der Waals surface area contributed by atoms with Crippen molar-refractivity contribution in [2.24, 2.45) is 0 Å². The van der Waals surface area contributed by atoms with Gasteiger partial charge in [0.25, 0.3) is 0 Å². The lowest BCUT2D eigenvalue weighted by Crippen LogP contribution is -2.39. The summed E-state index contributed by atoms with van der Waals surface area (Å²) in [7, 11) is 0. The maximum atomic E-state index is 9.43. The first-order valence-electron chi connectivity index (χ1n) is 10.1. The molecule has 0 aromatic carbocycles. The molecule has 0 radical (unpaired) electrons. The van der Waals surface area contributed by atoms with Gasteiger partial charge in [-0.2, -0.15) is 5.26 Å². The van der Waals surface area contributed by atoms with Crippen LogP contribution in [-0.2, 0) is 0 Å². The molecule has 142 valence electrons. The van der Waals surface area contributed by atoms with Gasteiger partial charge >= 0.3 is 0 Å². The van der Waals surface area contributed by atoms with Crippen molar-refractivity contribution in [2.45, 2.75) is 51.6 Å². The molecule has 2 fully saturated rings. The van der Waals surface area contributed by atoms with E-state index in [-0.39, 0.29) is 0 Å². The van der Waals surface area contributed by atoms with Crippen LogP contribution >= 0.6 is 0 Å². The van der Waals surface area contributed by atoms with E-state index in [1.165, 1.54) is 0 Å². The lowest BCUT2D eigenvalue weighted by Gasteiger charge is -2.32. The largest absolute Gasteiger partial charge is 0.367 e. The molecule has 0 bridgehead atoms. The molecule has 0 aliphatic carbocycles. The van der Waals surface area contributed by atoms with Crippen molar-refractivity contribution in [2.75, 3.05) is 49.9 Å². The standard InChI is InChI=1S/C20H32N6/c1-3-25-11-7-17(8-12-25)22-19-6-5-16(15-21)20(24-19)23-18-9-13-26(4-2)14-10-18/h5-6,17-18H,3-4,7-14H2,1-2H3,(H2,22,23,24). The molecule has 26 heavy (non-hydrogen) atoms. The maximum Gasteiger partial charge on any atom is 0.146 e. The second-order valence-corrected chi connectivity index (χ2v) is 7.41. The Morgan fingerprint density at radius 3 is 2.00 bits per heavy atom. The first-order chi connectivity index (χ1) is 12.7. The Labute approximate surface area is 157 Å². The van der Waals surface area contributed by atoms with Crippen LogP contribution in [0.25, 0.3) is 0 Å². The first-order valence-corrected chi connectivity index (χ1v) is 10.1. The van der Waals surface area contributed by atoms with Gasteiger partial charge in [-0.1, -0.05) is 13.8 Å². The van der Waals surface area contributed by atoms with E-state index in [1.54, 1.807) is 0 Å². The second kappa shape index (κ2) is 9.20. The molecule has 0 atom stereocenters. The van der Waals surface area contributed by atoms with Crippen molar-refractivity contribution in [1.29, 1.82) is 5.26 Å². The van der Waals surface area contributed by atoms with Crippen LogP contribution in [0.4, 0.5) is 11.6 Å². The van der Waals surface area contributed by atoms with E-state index < -0.39 is 0 Å². The summed E-state index contributed by atoms with van der Waals surface area (Å²) in [5, 5.41) is 16.5. The minimum Gasteiger partial charge on any atom is -0.367 e. The number of nitriles is 1. The summed E-state index contributed by atoms with van der Waals surface area (Å²) in [4.78, 5) is 9.69. The highest BCUT2D eigenvalue weighted by atomic mass is 15.2. The highest BCUT2D eigenvalue weighted by Crippen LogP contribution is 2.22. The molecule has 2 aliphatic heterocycles. The molecule has 0 saturated carbocycles. The Morgan fingerprint density at radius 2 is 1.50 bits per heavy atom. The molecule has 2 N–H and O–H groups in total. The molecule has 0 unspecified atom stereocenters. The Bertz CT molecular complexity index is 609. The van der Waals surface area contributed by atoms with E-state index in [1.807, 2.05) is 12.1 Å². The third-order valence-electron chi connectivity index (χ3n) is 5.78. The number of nitrogens with one attached hydrogen (secondary N) is 2. The summed E-state index contributed by atoms with van der Waals surface area (Å²) in [6.07, 6.45) is 4.50. The van der Waals surface area contributed by atoms with Gasteiger partial charge in [-0.3, -0.25) is 0 Å². The van der Waals surface area contributed by atoms with Crippen LogP contribution in [0.15, 0.2) is 12.1 Å². The maximum absolute atomic E-state index is 9.43. The summed E-state index contributed by atoms with van der Waals surface area (Å²) in [6.45, 7) is 11.2. The first kappa shape index (κ1) is 18.9. The molecule has 0 spiro atoms. The van der Waals surface area contributed by atoms with E-state index in [0.717, 1.165) is 76.6 Å². The van der Waals surface area contributed by atoms with Crippen LogP contribution in [0, 0.1) is 11.3 Å². The minimum absolute atomic E-state index is 0.403. The summed E-state index contributed by atoms with van der Waals surface area (Å²) < 4.78 is 0. The monoisotopic (exact) mass is 356 g/mol. The zero-order chi connectivity index (χ0) is 18.4. The van der Waals surface area contributed by atoms with E-state index in [2.05, 4.69) is 40.4 Å². The van der Waals surface area contributed by atoms with E-state index in [0.29, 0.717) is 17.6 Å². The molecule has 3 rings (SSSR count). The van der Waals surface area contributed by atoms with E-state index in [4.69, 9.17) is 4.98 Å². The number of hydrogen-bond acceptors (Lipinski definition) is 6. The zero-order valence-electron chi connectivity index (χ0n) is 16.2. The van der Waals surface area contributed by atoms with Gasteiger partial charge in [-0.15, -0.1) is 0 Å². The van der Waals surface area contributed by atoms with Gasteiger partial charge in [0.2, 0.25) is 0 Å². The Kier molecular flexibility index (Phi) is 6.70. The van der Waals surface area contributed by atoms with Crippen LogP contribution in [0.5, 0.6) is 0 Å². The van der Waals surface area contributed by atoms with Gasteiger partial charge in [0.1, 0.15) is 17.7 Å². The Balaban J connectivity index is 1.61. The van der Waals surface area contributed by atoms with Crippen molar-refractivity contribution in [3.05, 3.63) is 17.7 Å². The second-order valence-electron chi connectivity index (χ2n) is 7.41.